The summed E-state index contributed by atoms with van der Waals surface area (Å²) in [6.07, 6.45) is 2.73. The van der Waals surface area contributed by atoms with Crippen LogP contribution in [0.1, 0.15) is 30.0 Å². The molecule has 6 heteroatoms. The second kappa shape index (κ2) is 7.07. The third-order valence-electron chi connectivity index (χ3n) is 3.93. The molecule has 0 bridgehead atoms. The van der Waals surface area contributed by atoms with Crippen molar-refractivity contribution in [1.82, 2.24) is 15.6 Å². The summed E-state index contributed by atoms with van der Waals surface area (Å²) in [5.41, 5.74) is 0.855. The van der Waals surface area contributed by atoms with E-state index in [0.29, 0.717) is 18.9 Å². The molecule has 0 aromatic carbocycles. The van der Waals surface area contributed by atoms with Gasteiger partial charge in [-0.3, -0.25) is 4.79 Å². The molecule has 1 aliphatic rings. The molecule has 2 N–H and O–H groups in total. The van der Waals surface area contributed by atoms with Crippen molar-refractivity contribution < 1.29 is 9.21 Å². The van der Waals surface area contributed by atoms with Gasteiger partial charge in [0.15, 0.2) is 5.76 Å². The number of rotatable bonds is 6. The molecule has 0 aliphatic carbocycles. The van der Waals surface area contributed by atoms with Gasteiger partial charge in [-0.2, -0.15) is 0 Å². The van der Waals surface area contributed by atoms with Gasteiger partial charge in [0, 0.05) is 11.8 Å². The Morgan fingerprint density at radius 3 is 3.18 bits per heavy atom. The van der Waals surface area contributed by atoms with E-state index in [2.05, 4.69) is 15.6 Å². The van der Waals surface area contributed by atoms with Crippen LogP contribution in [0.2, 0.25) is 0 Å². The minimum atomic E-state index is 0.0920. The van der Waals surface area contributed by atoms with Gasteiger partial charge in [-0.05, 0) is 50.9 Å². The molecule has 1 unspecified atom stereocenters. The average Bonchev–Trinajstić information content (AvgIpc) is 3.24. The van der Waals surface area contributed by atoms with E-state index in [0.717, 1.165) is 41.7 Å². The third kappa shape index (κ3) is 3.96. The van der Waals surface area contributed by atoms with Crippen LogP contribution in [0.25, 0.3) is 11.5 Å². The summed E-state index contributed by atoms with van der Waals surface area (Å²) < 4.78 is 5.73. The fourth-order valence-electron chi connectivity index (χ4n) is 2.66. The Balaban J connectivity index is 1.45. The Bertz CT molecular complexity index is 629. The summed E-state index contributed by atoms with van der Waals surface area (Å²) in [6.45, 7) is 4.53. The van der Waals surface area contributed by atoms with Crippen molar-refractivity contribution in [3.05, 3.63) is 28.3 Å². The fraction of sp³-hybridized carbons (Fsp3) is 0.500. The first-order chi connectivity index (χ1) is 10.7. The molecule has 2 aromatic rings. The van der Waals surface area contributed by atoms with E-state index in [1.54, 1.807) is 11.3 Å². The van der Waals surface area contributed by atoms with E-state index in [9.17, 15) is 4.79 Å². The lowest BCUT2D eigenvalue weighted by molar-refractivity contribution is -0.121. The number of nitrogens with one attached hydrogen (secondary N) is 2. The number of furan rings is 1. The second-order valence-corrected chi connectivity index (χ2v) is 6.75. The lowest BCUT2D eigenvalue weighted by atomic mass is 10.0. The van der Waals surface area contributed by atoms with Gasteiger partial charge in [0.2, 0.25) is 5.91 Å². The van der Waals surface area contributed by atoms with Crippen molar-refractivity contribution in [3.63, 3.8) is 0 Å². The number of nitrogens with zero attached hydrogens (tertiary/aromatic N) is 1. The molecule has 0 spiro atoms. The van der Waals surface area contributed by atoms with Crippen LogP contribution in [0.5, 0.6) is 0 Å². The van der Waals surface area contributed by atoms with Gasteiger partial charge < -0.3 is 15.1 Å². The summed E-state index contributed by atoms with van der Waals surface area (Å²) in [4.78, 5) is 16.3. The number of aryl methyl sites for hydroxylation is 1. The molecule has 3 heterocycles. The van der Waals surface area contributed by atoms with Crippen molar-refractivity contribution in [2.75, 3.05) is 13.1 Å². The minimum Gasteiger partial charge on any atom is -0.458 e. The highest BCUT2D eigenvalue weighted by atomic mass is 32.1. The molecule has 118 valence electrons. The zero-order valence-electron chi connectivity index (χ0n) is 12.7. The Hall–Kier alpha value is -1.66. The number of carbonyl (C=O) groups is 1. The number of hydrogen-bond donors (Lipinski definition) is 2. The van der Waals surface area contributed by atoms with Gasteiger partial charge in [0.1, 0.15) is 11.5 Å². The van der Waals surface area contributed by atoms with Crippen molar-refractivity contribution in [1.29, 1.82) is 0 Å². The van der Waals surface area contributed by atoms with E-state index in [-0.39, 0.29) is 5.91 Å². The topological polar surface area (TPSA) is 67.2 Å². The molecule has 1 amide bonds. The highest BCUT2D eigenvalue weighted by molar-refractivity contribution is 7.09. The quantitative estimate of drug-likeness (QED) is 0.859. The first-order valence-electron chi connectivity index (χ1n) is 7.69. The number of amides is 1. The SMILES string of the molecule is Cc1nc(-c2ccc(CNC(=O)CCC3CCNC3)o2)cs1. The third-order valence-corrected chi connectivity index (χ3v) is 4.71. The van der Waals surface area contributed by atoms with E-state index in [4.69, 9.17) is 4.42 Å². The first-order valence-corrected chi connectivity index (χ1v) is 8.57. The maximum absolute atomic E-state index is 11.9. The van der Waals surface area contributed by atoms with Crippen molar-refractivity contribution in [2.24, 2.45) is 5.92 Å². The molecule has 2 aromatic heterocycles. The van der Waals surface area contributed by atoms with E-state index < -0.39 is 0 Å². The molecule has 0 saturated carbocycles. The molecule has 0 radical (unpaired) electrons. The molecule has 1 saturated heterocycles. The van der Waals surface area contributed by atoms with Crippen LogP contribution in [0.4, 0.5) is 0 Å². The highest BCUT2D eigenvalue weighted by Crippen LogP contribution is 2.23. The summed E-state index contributed by atoms with van der Waals surface area (Å²) in [5.74, 6) is 2.25. The molecular formula is C16H21N3O2S. The molecule has 1 fully saturated rings. The maximum atomic E-state index is 11.9. The summed E-state index contributed by atoms with van der Waals surface area (Å²) >= 11 is 1.60. The zero-order valence-corrected chi connectivity index (χ0v) is 13.5. The first kappa shape index (κ1) is 15.2. The van der Waals surface area contributed by atoms with Crippen LogP contribution < -0.4 is 10.6 Å². The molecule has 1 atom stereocenters. The number of carbonyl (C=O) groups excluding carboxylic acids is 1. The predicted molar refractivity (Wildman–Crippen MR) is 86.6 cm³/mol. The van der Waals surface area contributed by atoms with E-state index in [1.165, 1.54) is 6.42 Å². The second-order valence-electron chi connectivity index (χ2n) is 5.69. The monoisotopic (exact) mass is 319 g/mol. The Labute approximate surface area is 134 Å². The van der Waals surface area contributed by atoms with Gasteiger partial charge >= 0.3 is 0 Å². The Morgan fingerprint density at radius 2 is 2.45 bits per heavy atom. The largest absolute Gasteiger partial charge is 0.458 e. The van der Waals surface area contributed by atoms with Crippen LogP contribution in [0.3, 0.4) is 0 Å². The molecule has 22 heavy (non-hydrogen) atoms. The van der Waals surface area contributed by atoms with Gasteiger partial charge in [0.05, 0.1) is 11.6 Å². The van der Waals surface area contributed by atoms with Gasteiger partial charge in [-0.25, -0.2) is 4.98 Å². The Kier molecular flexibility index (Phi) is 4.90. The van der Waals surface area contributed by atoms with Crippen molar-refractivity contribution >= 4 is 17.2 Å². The number of hydrogen-bond acceptors (Lipinski definition) is 5. The van der Waals surface area contributed by atoms with Crippen LogP contribution in [0.15, 0.2) is 21.9 Å². The highest BCUT2D eigenvalue weighted by Gasteiger charge is 2.15. The van der Waals surface area contributed by atoms with Crippen molar-refractivity contribution in [3.8, 4) is 11.5 Å². The summed E-state index contributed by atoms with van der Waals surface area (Å²) in [5, 5.41) is 9.24. The van der Waals surface area contributed by atoms with Gasteiger partial charge in [-0.1, -0.05) is 0 Å². The number of aromatic nitrogens is 1. The smallest absolute Gasteiger partial charge is 0.220 e. The normalized spacial score (nSPS) is 17.8. The molecular weight excluding hydrogens is 298 g/mol. The standard InChI is InChI=1S/C16H21N3O2S/c1-11-19-14(10-22-11)15-4-3-13(21-15)9-18-16(20)5-2-12-6-7-17-8-12/h3-4,10,12,17H,2,5-9H2,1H3,(H,18,20). The average molecular weight is 319 g/mol. The lowest BCUT2D eigenvalue weighted by Crippen LogP contribution is -2.23. The maximum Gasteiger partial charge on any atom is 0.220 e. The van der Waals surface area contributed by atoms with Crippen LogP contribution >= 0.6 is 11.3 Å². The Morgan fingerprint density at radius 1 is 1.55 bits per heavy atom. The predicted octanol–water partition coefficient (Wildman–Crippen LogP) is 2.72. The van der Waals surface area contributed by atoms with Crippen LogP contribution in [-0.4, -0.2) is 24.0 Å². The van der Waals surface area contributed by atoms with Crippen LogP contribution in [0, 0.1) is 12.8 Å². The zero-order chi connectivity index (χ0) is 15.4. The molecule has 1 aliphatic heterocycles. The number of thiazole rings is 1. The molecule has 5 nitrogen and oxygen atoms in total. The van der Waals surface area contributed by atoms with Gasteiger partial charge in [0.25, 0.3) is 0 Å². The summed E-state index contributed by atoms with van der Waals surface area (Å²) in [7, 11) is 0. The van der Waals surface area contributed by atoms with E-state index in [1.807, 2.05) is 24.4 Å². The van der Waals surface area contributed by atoms with Crippen molar-refractivity contribution in [2.45, 2.75) is 32.7 Å². The lowest BCUT2D eigenvalue weighted by Gasteiger charge is -2.07. The van der Waals surface area contributed by atoms with Crippen LogP contribution in [-0.2, 0) is 11.3 Å². The minimum absolute atomic E-state index is 0.0920. The summed E-state index contributed by atoms with van der Waals surface area (Å²) in [6, 6.07) is 3.80. The molecule has 3 rings (SSSR count). The van der Waals surface area contributed by atoms with Gasteiger partial charge in [-0.15, -0.1) is 11.3 Å². The van der Waals surface area contributed by atoms with E-state index >= 15 is 0 Å². The fourth-order valence-corrected chi connectivity index (χ4v) is 3.26.